The second-order valence-electron chi connectivity index (χ2n) is 4.94. The van der Waals surface area contributed by atoms with Gasteiger partial charge in [-0.05, 0) is 31.9 Å². The number of nitrogens with two attached hydrogens (primary N) is 1. The predicted molar refractivity (Wildman–Crippen MR) is 70.3 cm³/mol. The van der Waals surface area contributed by atoms with Crippen LogP contribution in [0.5, 0.6) is 0 Å². The van der Waals surface area contributed by atoms with Gasteiger partial charge >= 0.3 is 0 Å². The molecule has 1 aromatic heterocycles. The van der Waals surface area contributed by atoms with Gasteiger partial charge < -0.3 is 10.6 Å². The van der Waals surface area contributed by atoms with E-state index < -0.39 is 0 Å². The number of hydrogen-bond acceptors (Lipinski definition) is 5. The SMILES string of the molecule is CSc1cc(N2C3CCC2CC(N)C3)ncn1. The maximum Gasteiger partial charge on any atom is 0.133 e. The summed E-state index contributed by atoms with van der Waals surface area (Å²) in [6.45, 7) is 0. The van der Waals surface area contributed by atoms with Gasteiger partial charge in [0.15, 0.2) is 0 Å². The monoisotopic (exact) mass is 250 g/mol. The molecule has 0 aliphatic carbocycles. The molecule has 5 heteroatoms. The van der Waals surface area contributed by atoms with E-state index in [0.717, 1.165) is 23.7 Å². The van der Waals surface area contributed by atoms with Crippen molar-refractivity contribution in [3.05, 3.63) is 12.4 Å². The quantitative estimate of drug-likeness (QED) is 0.639. The highest BCUT2D eigenvalue weighted by Gasteiger charge is 2.40. The minimum atomic E-state index is 0.380. The molecule has 3 heterocycles. The molecule has 2 fully saturated rings. The lowest BCUT2D eigenvalue weighted by molar-refractivity contribution is 0.411. The highest BCUT2D eigenvalue weighted by molar-refractivity contribution is 7.98. The predicted octanol–water partition coefficient (Wildman–Crippen LogP) is 1.66. The van der Waals surface area contributed by atoms with Gasteiger partial charge in [-0.25, -0.2) is 9.97 Å². The lowest BCUT2D eigenvalue weighted by Gasteiger charge is -2.38. The number of aromatic nitrogens is 2. The van der Waals surface area contributed by atoms with Crippen molar-refractivity contribution >= 4 is 17.6 Å². The third-order valence-electron chi connectivity index (χ3n) is 3.87. The number of anilines is 1. The molecular weight excluding hydrogens is 232 g/mol. The smallest absolute Gasteiger partial charge is 0.133 e. The molecule has 2 unspecified atom stereocenters. The maximum absolute atomic E-state index is 6.09. The Kier molecular flexibility index (Phi) is 2.96. The van der Waals surface area contributed by atoms with E-state index in [-0.39, 0.29) is 0 Å². The van der Waals surface area contributed by atoms with Gasteiger partial charge in [-0.1, -0.05) is 0 Å². The molecule has 3 rings (SSSR count). The van der Waals surface area contributed by atoms with E-state index in [9.17, 15) is 0 Å². The van der Waals surface area contributed by atoms with E-state index in [1.807, 2.05) is 6.26 Å². The molecule has 4 nitrogen and oxygen atoms in total. The van der Waals surface area contributed by atoms with Crippen LogP contribution in [0.4, 0.5) is 5.82 Å². The summed E-state index contributed by atoms with van der Waals surface area (Å²) in [5.74, 6) is 1.09. The number of thioether (sulfide) groups is 1. The van der Waals surface area contributed by atoms with Crippen molar-refractivity contribution in [2.45, 2.75) is 48.8 Å². The number of fused-ring (bicyclic) bond motifs is 2. The second-order valence-corrected chi connectivity index (χ2v) is 5.77. The molecule has 0 spiro atoms. The zero-order chi connectivity index (χ0) is 11.8. The number of rotatable bonds is 2. The summed E-state index contributed by atoms with van der Waals surface area (Å²) >= 11 is 1.67. The Bertz CT molecular complexity index is 397. The molecule has 2 saturated heterocycles. The summed E-state index contributed by atoms with van der Waals surface area (Å²) in [6, 6.07) is 3.67. The molecule has 0 aromatic carbocycles. The Labute approximate surface area is 106 Å². The zero-order valence-corrected chi connectivity index (χ0v) is 10.9. The lowest BCUT2D eigenvalue weighted by atomic mass is 9.98. The van der Waals surface area contributed by atoms with E-state index in [4.69, 9.17) is 5.73 Å². The second kappa shape index (κ2) is 4.46. The first-order valence-electron chi connectivity index (χ1n) is 6.18. The fourth-order valence-electron chi connectivity index (χ4n) is 3.18. The first-order chi connectivity index (χ1) is 8.28. The third-order valence-corrected chi connectivity index (χ3v) is 4.51. The van der Waals surface area contributed by atoms with E-state index >= 15 is 0 Å². The van der Waals surface area contributed by atoms with Gasteiger partial charge in [-0.3, -0.25) is 0 Å². The minimum absolute atomic E-state index is 0.380. The van der Waals surface area contributed by atoms with Crippen molar-refractivity contribution in [2.24, 2.45) is 5.73 Å². The van der Waals surface area contributed by atoms with E-state index in [0.29, 0.717) is 18.1 Å². The van der Waals surface area contributed by atoms with Crippen LogP contribution >= 0.6 is 11.8 Å². The van der Waals surface area contributed by atoms with Crippen molar-refractivity contribution in [1.82, 2.24) is 9.97 Å². The largest absolute Gasteiger partial charge is 0.350 e. The van der Waals surface area contributed by atoms with Gasteiger partial charge in [0, 0.05) is 24.2 Å². The number of piperidine rings is 1. The van der Waals surface area contributed by atoms with Crippen molar-refractivity contribution in [2.75, 3.05) is 11.2 Å². The van der Waals surface area contributed by atoms with Gasteiger partial charge in [0.1, 0.15) is 17.2 Å². The van der Waals surface area contributed by atoms with Gasteiger partial charge in [0.05, 0.1) is 0 Å². The van der Waals surface area contributed by atoms with Crippen LogP contribution in [0.15, 0.2) is 17.4 Å². The number of nitrogens with zero attached hydrogens (tertiary/aromatic N) is 3. The van der Waals surface area contributed by atoms with Crippen LogP contribution in [0.25, 0.3) is 0 Å². The van der Waals surface area contributed by atoms with Crippen LogP contribution in [0.2, 0.25) is 0 Å². The topological polar surface area (TPSA) is 55.0 Å². The summed E-state index contributed by atoms with van der Waals surface area (Å²) in [4.78, 5) is 11.2. The fraction of sp³-hybridized carbons (Fsp3) is 0.667. The van der Waals surface area contributed by atoms with Crippen molar-refractivity contribution in [3.8, 4) is 0 Å². The van der Waals surface area contributed by atoms with Crippen molar-refractivity contribution in [3.63, 3.8) is 0 Å². The number of hydrogen-bond donors (Lipinski definition) is 1. The average molecular weight is 250 g/mol. The Morgan fingerprint density at radius 3 is 2.65 bits per heavy atom. The van der Waals surface area contributed by atoms with Crippen molar-refractivity contribution < 1.29 is 0 Å². The maximum atomic E-state index is 6.09. The first-order valence-corrected chi connectivity index (χ1v) is 7.40. The standard InChI is InChI=1S/C12H18N4S/c1-17-12-6-11(14-7-15-12)16-9-2-3-10(16)5-8(13)4-9/h6-10H,2-5,13H2,1H3. The molecule has 2 aliphatic rings. The molecule has 0 saturated carbocycles. The zero-order valence-electron chi connectivity index (χ0n) is 10.0. The fourth-order valence-corrected chi connectivity index (χ4v) is 3.55. The first kappa shape index (κ1) is 11.3. The van der Waals surface area contributed by atoms with E-state index in [1.54, 1.807) is 18.1 Å². The average Bonchev–Trinajstić information content (AvgIpc) is 2.62. The van der Waals surface area contributed by atoms with Crippen LogP contribution < -0.4 is 10.6 Å². The molecule has 0 amide bonds. The van der Waals surface area contributed by atoms with Crippen LogP contribution in [-0.2, 0) is 0 Å². The Morgan fingerprint density at radius 1 is 1.29 bits per heavy atom. The summed E-state index contributed by atoms with van der Waals surface area (Å²) in [6.07, 6.45) is 8.46. The normalized spacial score (nSPS) is 31.9. The molecule has 0 radical (unpaired) electrons. The van der Waals surface area contributed by atoms with Gasteiger partial charge in [-0.15, -0.1) is 11.8 Å². The molecular formula is C12H18N4S. The van der Waals surface area contributed by atoms with E-state index in [2.05, 4.69) is 20.9 Å². The highest BCUT2D eigenvalue weighted by Crippen LogP contribution is 2.38. The van der Waals surface area contributed by atoms with Crippen LogP contribution in [0, 0.1) is 0 Å². The Morgan fingerprint density at radius 2 is 2.00 bits per heavy atom. The molecule has 92 valence electrons. The molecule has 2 atom stereocenters. The molecule has 17 heavy (non-hydrogen) atoms. The van der Waals surface area contributed by atoms with E-state index in [1.165, 1.54) is 12.8 Å². The van der Waals surface area contributed by atoms with Gasteiger partial charge in [-0.2, -0.15) is 0 Å². The molecule has 2 N–H and O–H groups in total. The summed E-state index contributed by atoms with van der Waals surface area (Å²) in [5, 5.41) is 1.05. The molecule has 1 aromatic rings. The summed E-state index contributed by atoms with van der Waals surface area (Å²) < 4.78 is 0. The van der Waals surface area contributed by atoms with Gasteiger partial charge in [0.25, 0.3) is 0 Å². The summed E-state index contributed by atoms with van der Waals surface area (Å²) in [5.41, 5.74) is 6.09. The van der Waals surface area contributed by atoms with Crippen molar-refractivity contribution in [1.29, 1.82) is 0 Å². The molecule has 2 aliphatic heterocycles. The minimum Gasteiger partial charge on any atom is -0.350 e. The molecule has 2 bridgehead atoms. The van der Waals surface area contributed by atoms with Gasteiger partial charge in [0.2, 0.25) is 0 Å². The van der Waals surface area contributed by atoms with Crippen LogP contribution in [-0.4, -0.2) is 34.3 Å². The Balaban J connectivity index is 1.89. The Hall–Kier alpha value is -0.810. The van der Waals surface area contributed by atoms with Crippen LogP contribution in [0.1, 0.15) is 25.7 Å². The highest BCUT2D eigenvalue weighted by atomic mass is 32.2. The third kappa shape index (κ3) is 2.02. The van der Waals surface area contributed by atoms with Crippen LogP contribution in [0.3, 0.4) is 0 Å². The summed E-state index contributed by atoms with van der Waals surface area (Å²) in [7, 11) is 0. The lowest BCUT2D eigenvalue weighted by Crippen LogP contribution is -2.47.